The molecule has 0 heterocycles. The lowest BCUT2D eigenvalue weighted by molar-refractivity contribution is -0.129. The molecule has 1 atom stereocenters. The number of halogens is 2. The van der Waals surface area contributed by atoms with Gasteiger partial charge in [-0.1, -0.05) is 89.9 Å². The summed E-state index contributed by atoms with van der Waals surface area (Å²) in [6.07, 6.45) is 0.0965. The average Bonchev–Trinajstić information content (AvgIpc) is 2.76. The van der Waals surface area contributed by atoms with Crippen molar-refractivity contribution in [2.24, 2.45) is 5.73 Å². The molecular weight excluding hydrogens is 419 g/mol. The van der Waals surface area contributed by atoms with E-state index in [0.717, 1.165) is 11.1 Å². The van der Waals surface area contributed by atoms with Gasteiger partial charge in [0.1, 0.15) is 6.04 Å². The predicted molar refractivity (Wildman–Crippen MR) is 121 cm³/mol. The molecule has 0 bridgehead atoms. The Morgan fingerprint density at radius 1 is 0.867 bits per heavy atom. The van der Waals surface area contributed by atoms with Crippen LogP contribution >= 0.6 is 23.2 Å². The Balaban J connectivity index is 1.97. The van der Waals surface area contributed by atoms with Gasteiger partial charge in [0.05, 0.1) is 5.41 Å². The van der Waals surface area contributed by atoms with Crippen LogP contribution in [0.3, 0.4) is 0 Å². The van der Waals surface area contributed by atoms with Crippen LogP contribution in [-0.2, 0) is 21.4 Å². The van der Waals surface area contributed by atoms with Crippen molar-refractivity contribution in [3.05, 3.63) is 106 Å². The lowest BCUT2D eigenvalue weighted by atomic mass is 9.75. The van der Waals surface area contributed by atoms with Gasteiger partial charge in [-0.15, -0.1) is 0 Å². The molecule has 0 aliphatic rings. The second-order valence-electron chi connectivity index (χ2n) is 7.19. The monoisotopic (exact) mass is 440 g/mol. The first-order chi connectivity index (χ1) is 14.3. The summed E-state index contributed by atoms with van der Waals surface area (Å²) in [6.45, 7) is 1.83. The summed E-state index contributed by atoms with van der Waals surface area (Å²) in [5, 5.41) is 3.65. The zero-order valence-corrected chi connectivity index (χ0v) is 18.0. The van der Waals surface area contributed by atoms with Crippen LogP contribution in [0, 0.1) is 0 Å². The predicted octanol–water partition coefficient (Wildman–Crippen LogP) is 4.51. The summed E-state index contributed by atoms with van der Waals surface area (Å²) < 4.78 is 0. The van der Waals surface area contributed by atoms with Gasteiger partial charge in [0.15, 0.2) is 0 Å². The summed E-state index contributed by atoms with van der Waals surface area (Å²) in [5.74, 6) is -1.00. The van der Waals surface area contributed by atoms with E-state index in [-0.39, 0.29) is 12.3 Å². The van der Waals surface area contributed by atoms with E-state index in [4.69, 9.17) is 28.9 Å². The minimum atomic E-state index is -1.03. The van der Waals surface area contributed by atoms with Gasteiger partial charge in [0, 0.05) is 16.5 Å². The number of benzene rings is 3. The fraction of sp³-hybridized carbons (Fsp3) is 0.167. The Labute approximate surface area is 186 Å². The minimum absolute atomic E-state index is 0.0965. The molecule has 3 rings (SSSR count). The molecule has 0 unspecified atom stereocenters. The highest BCUT2D eigenvalue weighted by Crippen LogP contribution is 2.33. The minimum Gasteiger partial charge on any atom is -0.368 e. The molecule has 3 aromatic rings. The fourth-order valence-corrected chi connectivity index (χ4v) is 3.98. The highest BCUT2D eigenvalue weighted by molar-refractivity contribution is 6.36. The van der Waals surface area contributed by atoms with Crippen LogP contribution in [0.4, 0.5) is 0 Å². The van der Waals surface area contributed by atoms with Crippen molar-refractivity contribution in [2.45, 2.75) is 24.8 Å². The van der Waals surface area contributed by atoms with E-state index in [1.807, 2.05) is 67.6 Å². The molecule has 2 amide bonds. The first kappa shape index (κ1) is 21.9. The fourth-order valence-electron chi connectivity index (χ4n) is 3.43. The topological polar surface area (TPSA) is 72.2 Å². The number of rotatable bonds is 7. The number of amides is 2. The molecular formula is C24H22Cl2N2O2. The molecule has 0 radical (unpaired) electrons. The Morgan fingerprint density at radius 2 is 1.33 bits per heavy atom. The van der Waals surface area contributed by atoms with Crippen molar-refractivity contribution in [1.29, 1.82) is 0 Å². The van der Waals surface area contributed by atoms with Gasteiger partial charge >= 0.3 is 0 Å². The number of nitrogens with one attached hydrogen (secondary N) is 1. The Kier molecular flexibility index (Phi) is 6.80. The first-order valence-corrected chi connectivity index (χ1v) is 10.2. The van der Waals surface area contributed by atoms with E-state index in [2.05, 4.69) is 5.32 Å². The smallest absolute Gasteiger partial charge is 0.240 e. The number of hydrogen-bond donors (Lipinski definition) is 2. The molecule has 0 aromatic heterocycles. The number of nitrogens with two attached hydrogens (primary N) is 1. The Hall–Kier alpha value is -2.82. The van der Waals surface area contributed by atoms with Crippen LogP contribution in [0.2, 0.25) is 10.0 Å². The van der Waals surface area contributed by atoms with Crippen molar-refractivity contribution in [3.63, 3.8) is 0 Å². The van der Waals surface area contributed by atoms with Crippen molar-refractivity contribution in [3.8, 4) is 0 Å². The van der Waals surface area contributed by atoms with E-state index in [0.29, 0.717) is 15.6 Å². The van der Waals surface area contributed by atoms with E-state index in [1.165, 1.54) is 0 Å². The zero-order valence-electron chi connectivity index (χ0n) is 16.4. The molecule has 3 aromatic carbocycles. The maximum absolute atomic E-state index is 13.6. The van der Waals surface area contributed by atoms with Gasteiger partial charge in [-0.25, -0.2) is 0 Å². The van der Waals surface area contributed by atoms with Crippen LogP contribution in [0.15, 0.2) is 78.9 Å². The summed E-state index contributed by atoms with van der Waals surface area (Å²) in [6, 6.07) is 22.9. The SMILES string of the molecule is CC(C(=O)N[C@H](Cc1c(Cl)cccc1Cl)C(N)=O)(c1ccccc1)c1ccccc1. The van der Waals surface area contributed by atoms with Gasteiger partial charge in [0.2, 0.25) is 11.8 Å². The lowest BCUT2D eigenvalue weighted by Crippen LogP contribution is -2.52. The largest absolute Gasteiger partial charge is 0.368 e. The molecule has 154 valence electrons. The molecule has 0 fully saturated rings. The summed E-state index contributed by atoms with van der Waals surface area (Å²) >= 11 is 12.5. The summed E-state index contributed by atoms with van der Waals surface area (Å²) in [7, 11) is 0. The summed E-state index contributed by atoms with van der Waals surface area (Å²) in [5.41, 5.74) is 6.75. The quantitative estimate of drug-likeness (QED) is 0.566. The number of carbonyl (C=O) groups excluding carboxylic acids is 2. The standard InChI is InChI=1S/C24H22Cl2N2O2/c1-24(16-9-4-2-5-10-16,17-11-6-3-7-12-17)23(30)28-21(22(27)29)15-18-19(25)13-8-14-20(18)26/h2-14,21H,15H2,1H3,(H2,27,29)(H,28,30)/t21-/m1/s1. The van der Waals surface area contributed by atoms with Crippen molar-refractivity contribution < 1.29 is 9.59 Å². The number of carbonyl (C=O) groups is 2. The van der Waals surface area contributed by atoms with Crippen molar-refractivity contribution in [1.82, 2.24) is 5.32 Å². The van der Waals surface area contributed by atoms with E-state index < -0.39 is 17.4 Å². The Bertz CT molecular complexity index is 980. The van der Waals surface area contributed by atoms with Crippen LogP contribution in [0.1, 0.15) is 23.6 Å². The third-order valence-corrected chi connectivity index (χ3v) is 5.98. The van der Waals surface area contributed by atoms with Crippen molar-refractivity contribution >= 4 is 35.0 Å². The third-order valence-electron chi connectivity index (χ3n) is 5.28. The second-order valence-corrected chi connectivity index (χ2v) is 8.00. The zero-order chi connectivity index (χ0) is 21.7. The van der Waals surface area contributed by atoms with Gasteiger partial charge in [-0.05, 0) is 35.7 Å². The summed E-state index contributed by atoms with van der Waals surface area (Å²) in [4.78, 5) is 25.7. The molecule has 0 aliphatic heterocycles. The molecule has 0 aliphatic carbocycles. The van der Waals surface area contributed by atoms with E-state index in [9.17, 15) is 9.59 Å². The van der Waals surface area contributed by atoms with Gasteiger partial charge in [-0.3, -0.25) is 9.59 Å². The highest BCUT2D eigenvalue weighted by Gasteiger charge is 2.38. The molecule has 0 spiro atoms. The molecule has 0 saturated carbocycles. The molecule has 30 heavy (non-hydrogen) atoms. The Morgan fingerprint density at radius 3 is 1.77 bits per heavy atom. The maximum atomic E-state index is 13.6. The normalized spacial score (nSPS) is 12.2. The van der Waals surface area contributed by atoms with E-state index in [1.54, 1.807) is 18.2 Å². The average molecular weight is 441 g/mol. The molecule has 4 nitrogen and oxygen atoms in total. The van der Waals surface area contributed by atoms with Gasteiger partial charge in [-0.2, -0.15) is 0 Å². The number of primary amides is 1. The van der Waals surface area contributed by atoms with Crippen LogP contribution in [0.25, 0.3) is 0 Å². The molecule has 6 heteroatoms. The molecule has 0 saturated heterocycles. The number of hydrogen-bond acceptors (Lipinski definition) is 2. The molecule has 3 N–H and O–H groups in total. The maximum Gasteiger partial charge on any atom is 0.240 e. The first-order valence-electron chi connectivity index (χ1n) is 9.48. The van der Waals surface area contributed by atoms with Crippen LogP contribution in [0.5, 0.6) is 0 Å². The van der Waals surface area contributed by atoms with Gasteiger partial charge < -0.3 is 11.1 Å². The van der Waals surface area contributed by atoms with Gasteiger partial charge in [0.25, 0.3) is 0 Å². The third kappa shape index (κ3) is 4.50. The second kappa shape index (κ2) is 9.33. The van der Waals surface area contributed by atoms with Crippen molar-refractivity contribution in [2.75, 3.05) is 0 Å². The van der Waals surface area contributed by atoms with Crippen LogP contribution in [-0.4, -0.2) is 17.9 Å². The lowest BCUT2D eigenvalue weighted by Gasteiger charge is -2.31. The highest BCUT2D eigenvalue weighted by atomic mass is 35.5. The van der Waals surface area contributed by atoms with Crippen LogP contribution < -0.4 is 11.1 Å². The van der Waals surface area contributed by atoms with E-state index >= 15 is 0 Å².